The summed E-state index contributed by atoms with van der Waals surface area (Å²) in [5.74, 6) is -1.30. The molecule has 4 rings (SSSR count). The average Bonchev–Trinajstić information content (AvgIpc) is 3.42. The van der Waals surface area contributed by atoms with Crippen molar-refractivity contribution >= 4 is 29.5 Å². The predicted molar refractivity (Wildman–Crippen MR) is 137 cm³/mol. The first-order valence-electron chi connectivity index (χ1n) is 13.1. The second-order valence-corrected chi connectivity index (χ2v) is 11.3. The Kier molecular flexibility index (Phi) is 7.81. The van der Waals surface area contributed by atoms with E-state index in [0.717, 1.165) is 12.8 Å². The van der Waals surface area contributed by atoms with E-state index in [1.54, 1.807) is 32.9 Å². The Hall–Kier alpha value is -3.81. The van der Waals surface area contributed by atoms with Gasteiger partial charge in [0, 0.05) is 24.4 Å². The molecule has 2 heterocycles. The number of amides is 4. The van der Waals surface area contributed by atoms with Crippen molar-refractivity contribution in [1.82, 2.24) is 16.0 Å². The molecule has 38 heavy (non-hydrogen) atoms. The fourth-order valence-electron chi connectivity index (χ4n) is 4.95. The zero-order valence-corrected chi connectivity index (χ0v) is 22.0. The molecule has 4 amide bonds. The smallest absolute Gasteiger partial charge is 0.415 e. The van der Waals surface area contributed by atoms with Gasteiger partial charge in [-0.1, -0.05) is 18.9 Å². The molecule has 1 aliphatic carbocycles. The summed E-state index contributed by atoms with van der Waals surface area (Å²) in [6, 6.07) is 3.94. The van der Waals surface area contributed by atoms with Crippen LogP contribution < -0.4 is 20.9 Å². The Morgan fingerprint density at radius 3 is 2.55 bits per heavy atom. The van der Waals surface area contributed by atoms with Gasteiger partial charge in [0.25, 0.3) is 0 Å². The van der Waals surface area contributed by atoms with Crippen LogP contribution in [0.5, 0.6) is 5.75 Å². The van der Waals surface area contributed by atoms with Crippen LogP contribution in [0, 0.1) is 23.2 Å². The molecule has 2 fully saturated rings. The SMILES string of the molecule is CC(C)(C)OC(=O)N1c2cccc(O)c2CC1C(=O)N[C@@H](CC1CC1)C(=O)N[C@H](C#N)C[C@@H]1CCNC1=O. The number of aromatic hydroxyl groups is 1. The molecule has 11 heteroatoms. The van der Waals surface area contributed by atoms with Gasteiger partial charge in [-0.25, -0.2) is 4.79 Å². The predicted octanol–water partition coefficient (Wildman–Crippen LogP) is 1.88. The number of phenolic OH excluding ortho intramolecular Hbond substituents is 1. The van der Waals surface area contributed by atoms with Gasteiger partial charge in [-0.15, -0.1) is 0 Å². The Balaban J connectivity index is 1.50. The van der Waals surface area contributed by atoms with E-state index in [2.05, 4.69) is 22.0 Å². The Morgan fingerprint density at radius 2 is 1.95 bits per heavy atom. The van der Waals surface area contributed by atoms with E-state index in [4.69, 9.17) is 4.74 Å². The molecule has 1 saturated heterocycles. The van der Waals surface area contributed by atoms with Gasteiger partial charge in [-0.05, 0) is 58.1 Å². The maximum absolute atomic E-state index is 13.6. The molecule has 4 atom stereocenters. The van der Waals surface area contributed by atoms with E-state index < -0.39 is 41.6 Å². The molecule has 1 unspecified atom stereocenters. The summed E-state index contributed by atoms with van der Waals surface area (Å²) in [6.45, 7) is 5.70. The third-order valence-corrected chi connectivity index (χ3v) is 7.04. The molecule has 1 saturated carbocycles. The van der Waals surface area contributed by atoms with Crippen LogP contribution >= 0.6 is 0 Å². The maximum Gasteiger partial charge on any atom is 0.415 e. The van der Waals surface area contributed by atoms with E-state index in [1.165, 1.54) is 11.0 Å². The first kappa shape index (κ1) is 27.2. The van der Waals surface area contributed by atoms with Crippen LogP contribution in [0.25, 0.3) is 0 Å². The number of carbonyl (C=O) groups excluding carboxylic acids is 4. The van der Waals surface area contributed by atoms with Gasteiger partial charge >= 0.3 is 6.09 Å². The lowest BCUT2D eigenvalue weighted by atomic mass is 9.98. The van der Waals surface area contributed by atoms with Crippen LogP contribution in [0.4, 0.5) is 10.5 Å². The topological polar surface area (TPSA) is 161 Å². The van der Waals surface area contributed by atoms with E-state index in [9.17, 15) is 29.5 Å². The minimum Gasteiger partial charge on any atom is -0.508 e. The summed E-state index contributed by atoms with van der Waals surface area (Å²) in [5.41, 5.74) is 0.0114. The molecule has 0 spiro atoms. The second-order valence-electron chi connectivity index (χ2n) is 11.3. The van der Waals surface area contributed by atoms with Crippen molar-refractivity contribution in [3.05, 3.63) is 23.8 Å². The van der Waals surface area contributed by atoms with E-state index >= 15 is 0 Å². The highest BCUT2D eigenvalue weighted by Crippen LogP contribution is 2.39. The van der Waals surface area contributed by atoms with Gasteiger partial charge in [0.2, 0.25) is 17.7 Å². The number of fused-ring (bicyclic) bond motifs is 1. The molecular weight excluding hydrogens is 490 g/mol. The van der Waals surface area contributed by atoms with Gasteiger partial charge in [-0.2, -0.15) is 5.26 Å². The molecule has 1 aromatic carbocycles. The number of phenols is 1. The molecule has 0 bridgehead atoms. The van der Waals surface area contributed by atoms with Gasteiger partial charge in [-0.3, -0.25) is 19.3 Å². The van der Waals surface area contributed by atoms with E-state index in [-0.39, 0.29) is 36.3 Å². The second kappa shape index (κ2) is 10.9. The van der Waals surface area contributed by atoms with Crippen LogP contribution in [-0.4, -0.2) is 59.2 Å². The quantitative estimate of drug-likeness (QED) is 0.403. The summed E-state index contributed by atoms with van der Waals surface area (Å²) in [6.07, 6.45) is 2.41. The highest BCUT2D eigenvalue weighted by molar-refractivity contribution is 6.02. The summed E-state index contributed by atoms with van der Waals surface area (Å²) < 4.78 is 5.54. The zero-order chi connectivity index (χ0) is 27.6. The molecular formula is C27H35N5O6. The lowest BCUT2D eigenvalue weighted by Gasteiger charge is -2.29. The minimum atomic E-state index is -1.03. The molecule has 4 N–H and O–H groups in total. The van der Waals surface area contributed by atoms with Crippen molar-refractivity contribution in [2.24, 2.45) is 11.8 Å². The number of carbonyl (C=O) groups is 4. The summed E-state index contributed by atoms with van der Waals surface area (Å²) in [4.78, 5) is 53.1. The third kappa shape index (κ3) is 6.36. The van der Waals surface area contributed by atoms with Crippen molar-refractivity contribution in [1.29, 1.82) is 5.26 Å². The Labute approximate surface area is 221 Å². The average molecular weight is 526 g/mol. The zero-order valence-electron chi connectivity index (χ0n) is 22.0. The first-order chi connectivity index (χ1) is 18.0. The van der Waals surface area contributed by atoms with Gasteiger partial charge in [0.05, 0.1) is 11.8 Å². The van der Waals surface area contributed by atoms with E-state index in [1.807, 2.05) is 0 Å². The van der Waals surface area contributed by atoms with Crippen molar-refractivity contribution in [2.75, 3.05) is 11.4 Å². The summed E-state index contributed by atoms with van der Waals surface area (Å²) in [7, 11) is 0. The molecule has 11 nitrogen and oxygen atoms in total. The van der Waals surface area contributed by atoms with Crippen molar-refractivity contribution in [3.63, 3.8) is 0 Å². The highest BCUT2D eigenvalue weighted by Gasteiger charge is 2.43. The molecule has 2 aliphatic heterocycles. The normalized spacial score (nSPS) is 22.1. The third-order valence-electron chi connectivity index (χ3n) is 7.04. The number of rotatable bonds is 8. The molecule has 204 valence electrons. The van der Waals surface area contributed by atoms with Gasteiger partial charge in [0.15, 0.2) is 0 Å². The van der Waals surface area contributed by atoms with E-state index in [0.29, 0.717) is 30.6 Å². The molecule has 3 aliphatic rings. The van der Waals surface area contributed by atoms with Crippen LogP contribution in [0.1, 0.15) is 58.4 Å². The molecule has 0 aromatic heterocycles. The van der Waals surface area contributed by atoms with Crippen LogP contribution in [-0.2, 0) is 25.5 Å². The van der Waals surface area contributed by atoms with Gasteiger partial charge < -0.3 is 25.8 Å². The number of anilines is 1. The first-order valence-corrected chi connectivity index (χ1v) is 13.1. The van der Waals surface area contributed by atoms with Crippen molar-refractivity contribution < 1.29 is 29.0 Å². The highest BCUT2D eigenvalue weighted by atomic mass is 16.6. The lowest BCUT2D eigenvalue weighted by molar-refractivity contribution is -0.130. The number of hydrogen-bond donors (Lipinski definition) is 4. The largest absolute Gasteiger partial charge is 0.508 e. The van der Waals surface area contributed by atoms with Crippen LogP contribution in [0.3, 0.4) is 0 Å². The maximum atomic E-state index is 13.6. The van der Waals surface area contributed by atoms with Crippen LogP contribution in [0.15, 0.2) is 18.2 Å². The fraction of sp³-hybridized carbons (Fsp3) is 0.593. The molecule has 0 radical (unpaired) electrons. The summed E-state index contributed by atoms with van der Waals surface area (Å²) >= 11 is 0. The number of nitrogens with zero attached hydrogens (tertiary/aromatic N) is 2. The standard InChI is InChI=1S/C27H35N5O6/c1-27(2,3)38-26(37)32-20-5-4-6-22(33)18(20)13-21(32)25(36)31-19(11-15-7-8-15)24(35)30-17(14-28)12-16-9-10-29-23(16)34/h4-6,15-17,19,21,33H,7-13H2,1-3H3,(H,29,34)(H,30,35)(H,31,36)/t16-,17-,19-,21?/m0/s1. The van der Waals surface area contributed by atoms with Crippen LogP contribution in [0.2, 0.25) is 0 Å². The number of nitriles is 1. The number of hydrogen-bond acceptors (Lipinski definition) is 7. The minimum absolute atomic E-state index is 0.0357. The lowest BCUT2D eigenvalue weighted by Crippen LogP contribution is -2.56. The number of ether oxygens (including phenoxy) is 1. The number of nitrogens with one attached hydrogen (secondary N) is 3. The molecule has 1 aromatic rings. The fourth-order valence-corrected chi connectivity index (χ4v) is 4.95. The van der Waals surface area contributed by atoms with Crippen molar-refractivity contribution in [3.8, 4) is 11.8 Å². The monoisotopic (exact) mass is 525 g/mol. The van der Waals surface area contributed by atoms with Gasteiger partial charge in [0.1, 0.15) is 29.5 Å². The Bertz CT molecular complexity index is 1150. The summed E-state index contributed by atoms with van der Waals surface area (Å²) in [5, 5.41) is 28.2. The Morgan fingerprint density at radius 1 is 1.21 bits per heavy atom. The van der Waals surface area contributed by atoms with Crippen molar-refractivity contribution in [2.45, 2.75) is 83.0 Å². The number of benzene rings is 1.